The molecule has 0 bridgehead atoms. The molecule has 10 nitrogen and oxygen atoms in total. The van der Waals surface area contributed by atoms with Gasteiger partial charge in [0, 0.05) is 13.5 Å². The average molecular weight is 470 g/mol. The molecule has 178 valence electrons. The quantitative estimate of drug-likeness (QED) is 0.334. The van der Waals surface area contributed by atoms with E-state index in [1.807, 2.05) is 30.3 Å². The molecule has 11 heteroatoms. The van der Waals surface area contributed by atoms with E-state index in [2.05, 4.69) is 0 Å². The minimum atomic E-state index is -3.58. The molecule has 0 aromatic heterocycles. The second-order valence-corrected chi connectivity index (χ2v) is 10.1. The van der Waals surface area contributed by atoms with Gasteiger partial charge in [-0.3, -0.25) is 4.79 Å². The lowest BCUT2D eigenvalue weighted by molar-refractivity contribution is -0.156. The zero-order chi connectivity index (χ0) is 23.9. The highest BCUT2D eigenvalue weighted by Crippen LogP contribution is 2.54. The standard InChI is InChI=1S/C21H31N2O8P/c1-7-17(24)28-14-16(27-6)18-19(29-13-15-11-9-8-10-12-15)20(21(25)30-18)31-32(26,22(2)3)23(4)5/h8-12,16,18H,7,13-14H2,1-6H3. The summed E-state index contributed by atoms with van der Waals surface area (Å²) in [5.41, 5.74) is 0.840. The molecule has 0 saturated heterocycles. The summed E-state index contributed by atoms with van der Waals surface area (Å²) in [7, 11) is 4.12. The normalized spacial score (nSPS) is 17.5. The third-order valence-electron chi connectivity index (χ3n) is 4.70. The smallest absolute Gasteiger partial charge is 0.395 e. The van der Waals surface area contributed by atoms with Crippen LogP contribution in [-0.4, -0.2) is 75.4 Å². The van der Waals surface area contributed by atoms with E-state index in [1.54, 1.807) is 35.1 Å². The Morgan fingerprint density at radius 2 is 1.78 bits per heavy atom. The van der Waals surface area contributed by atoms with Crippen molar-refractivity contribution in [2.75, 3.05) is 41.9 Å². The molecule has 0 aliphatic carbocycles. The number of hydrogen-bond acceptors (Lipinski definition) is 8. The average Bonchev–Trinajstić information content (AvgIpc) is 3.07. The van der Waals surface area contributed by atoms with Crippen LogP contribution < -0.4 is 0 Å². The van der Waals surface area contributed by atoms with Gasteiger partial charge in [0.2, 0.25) is 0 Å². The van der Waals surface area contributed by atoms with Gasteiger partial charge in [0.15, 0.2) is 11.9 Å². The number of nitrogens with zero attached hydrogens (tertiary/aromatic N) is 2. The predicted octanol–water partition coefficient (Wildman–Crippen LogP) is 2.56. The first-order chi connectivity index (χ1) is 15.1. The SMILES string of the molecule is CCC(=O)OCC(OC)C1OC(=O)C(OP(=O)(N(C)C)N(C)C)=C1OCc1ccccc1. The van der Waals surface area contributed by atoms with Crippen molar-refractivity contribution in [2.45, 2.75) is 32.2 Å². The molecule has 2 unspecified atom stereocenters. The molecule has 0 saturated carbocycles. The van der Waals surface area contributed by atoms with Gasteiger partial charge in [0.05, 0.1) is 0 Å². The first-order valence-corrected chi connectivity index (χ1v) is 11.6. The fraction of sp³-hybridized carbons (Fsp3) is 0.524. The fourth-order valence-electron chi connectivity index (χ4n) is 2.86. The monoisotopic (exact) mass is 470 g/mol. The van der Waals surface area contributed by atoms with Crippen molar-refractivity contribution < 1.29 is 37.6 Å². The van der Waals surface area contributed by atoms with Crippen molar-refractivity contribution in [1.82, 2.24) is 9.34 Å². The van der Waals surface area contributed by atoms with Crippen molar-refractivity contribution in [3.05, 3.63) is 47.4 Å². The largest absolute Gasteiger partial charge is 0.485 e. The highest BCUT2D eigenvalue weighted by molar-refractivity contribution is 7.54. The van der Waals surface area contributed by atoms with E-state index in [0.717, 1.165) is 5.56 Å². The van der Waals surface area contributed by atoms with E-state index in [9.17, 15) is 14.2 Å². The number of methoxy groups -OCH3 is 1. The first-order valence-electron chi connectivity index (χ1n) is 10.1. The van der Waals surface area contributed by atoms with Crippen LogP contribution in [0.1, 0.15) is 18.9 Å². The Balaban J connectivity index is 2.40. The van der Waals surface area contributed by atoms with Gasteiger partial charge in [-0.2, -0.15) is 0 Å². The Hall–Kier alpha value is -2.39. The maximum atomic E-state index is 13.4. The third-order valence-corrected chi connectivity index (χ3v) is 7.14. The van der Waals surface area contributed by atoms with Gasteiger partial charge in [0.25, 0.3) is 5.76 Å². The number of ether oxygens (including phenoxy) is 4. The molecule has 2 rings (SSSR count). The second-order valence-electron chi connectivity index (χ2n) is 7.38. The van der Waals surface area contributed by atoms with Gasteiger partial charge in [-0.25, -0.2) is 18.7 Å². The lowest BCUT2D eigenvalue weighted by atomic mass is 10.1. The summed E-state index contributed by atoms with van der Waals surface area (Å²) < 4.78 is 43.8. The summed E-state index contributed by atoms with van der Waals surface area (Å²) in [5.74, 6) is -1.54. The number of hydrogen-bond donors (Lipinski definition) is 0. The van der Waals surface area contributed by atoms with Gasteiger partial charge >= 0.3 is 19.6 Å². The number of cyclic esters (lactones) is 1. The zero-order valence-corrected chi connectivity index (χ0v) is 20.2. The minimum Gasteiger partial charge on any atom is -0.485 e. The zero-order valence-electron chi connectivity index (χ0n) is 19.3. The molecule has 0 radical (unpaired) electrons. The van der Waals surface area contributed by atoms with Crippen molar-refractivity contribution in [3.8, 4) is 0 Å². The van der Waals surface area contributed by atoms with Crippen molar-refractivity contribution in [1.29, 1.82) is 0 Å². The van der Waals surface area contributed by atoms with E-state index < -0.39 is 31.8 Å². The molecule has 1 aliphatic heterocycles. The molecule has 1 heterocycles. The van der Waals surface area contributed by atoms with Gasteiger partial charge in [0.1, 0.15) is 19.3 Å². The molecule has 1 aliphatic rings. The highest BCUT2D eigenvalue weighted by atomic mass is 31.2. The van der Waals surface area contributed by atoms with Gasteiger partial charge < -0.3 is 23.5 Å². The van der Waals surface area contributed by atoms with Crippen LogP contribution in [0.3, 0.4) is 0 Å². The number of esters is 2. The van der Waals surface area contributed by atoms with Gasteiger partial charge in [-0.15, -0.1) is 0 Å². The molecule has 1 aromatic rings. The van der Waals surface area contributed by atoms with E-state index in [-0.39, 0.29) is 31.2 Å². The Morgan fingerprint density at radius 3 is 2.31 bits per heavy atom. The van der Waals surface area contributed by atoms with Crippen LogP contribution in [0.15, 0.2) is 41.9 Å². The van der Waals surface area contributed by atoms with Gasteiger partial charge in [-0.1, -0.05) is 37.3 Å². The summed E-state index contributed by atoms with van der Waals surface area (Å²) in [4.78, 5) is 24.3. The van der Waals surface area contributed by atoms with Crippen LogP contribution in [0.2, 0.25) is 0 Å². The van der Waals surface area contributed by atoms with E-state index >= 15 is 0 Å². The third kappa shape index (κ3) is 6.10. The molecule has 2 atom stereocenters. The number of benzene rings is 1. The molecule has 0 N–H and O–H groups in total. The Bertz CT molecular complexity index is 860. The van der Waals surface area contributed by atoms with E-state index in [1.165, 1.54) is 16.5 Å². The molecule has 0 spiro atoms. The maximum Gasteiger partial charge on any atom is 0.395 e. The summed E-state index contributed by atoms with van der Waals surface area (Å²) in [6.07, 6.45) is -1.70. The lowest BCUT2D eigenvalue weighted by Gasteiger charge is -2.29. The van der Waals surface area contributed by atoms with Crippen molar-refractivity contribution in [3.63, 3.8) is 0 Å². The molecule has 0 amide bonds. The lowest BCUT2D eigenvalue weighted by Crippen LogP contribution is -2.36. The Kier molecular flexibility index (Phi) is 9.27. The number of carbonyl (C=O) groups excluding carboxylic acids is 2. The van der Waals surface area contributed by atoms with Crippen LogP contribution in [0, 0.1) is 0 Å². The van der Waals surface area contributed by atoms with Crippen molar-refractivity contribution in [2.24, 2.45) is 0 Å². The van der Waals surface area contributed by atoms with Gasteiger partial charge in [-0.05, 0) is 33.8 Å². The summed E-state index contributed by atoms with van der Waals surface area (Å²) >= 11 is 0. The van der Waals surface area contributed by atoms with Crippen molar-refractivity contribution >= 4 is 19.6 Å². The van der Waals surface area contributed by atoms with Crippen LogP contribution in [-0.2, 0) is 44.2 Å². The summed E-state index contributed by atoms with van der Waals surface area (Å²) in [6, 6.07) is 9.29. The molecule has 1 aromatic carbocycles. The summed E-state index contributed by atoms with van der Waals surface area (Å²) in [5, 5.41) is 0. The van der Waals surface area contributed by atoms with Crippen LogP contribution in [0.4, 0.5) is 0 Å². The molecule has 0 fully saturated rings. The fourth-order valence-corrected chi connectivity index (χ4v) is 4.30. The van der Waals surface area contributed by atoms with Crippen LogP contribution >= 0.6 is 7.67 Å². The highest BCUT2D eigenvalue weighted by Gasteiger charge is 2.47. The molecular formula is C21H31N2O8P. The minimum absolute atomic E-state index is 0.0298. The Morgan fingerprint density at radius 1 is 1.16 bits per heavy atom. The topological polar surface area (TPSA) is 104 Å². The van der Waals surface area contributed by atoms with E-state index in [0.29, 0.717) is 0 Å². The second kappa shape index (κ2) is 11.5. The molecule has 32 heavy (non-hydrogen) atoms. The molecular weight excluding hydrogens is 439 g/mol. The maximum absolute atomic E-state index is 13.4. The number of rotatable bonds is 12. The van der Waals surface area contributed by atoms with Crippen LogP contribution in [0.5, 0.6) is 0 Å². The first kappa shape index (κ1) is 25.9. The van der Waals surface area contributed by atoms with E-state index in [4.69, 9.17) is 23.5 Å². The number of carbonyl (C=O) groups is 2. The van der Waals surface area contributed by atoms with Crippen LogP contribution in [0.25, 0.3) is 0 Å². The predicted molar refractivity (Wildman–Crippen MR) is 116 cm³/mol. The Labute approximate surface area is 188 Å². The summed E-state index contributed by atoms with van der Waals surface area (Å²) in [6.45, 7) is 1.61.